The molecule has 5 nitrogen and oxygen atoms in total. The molecule has 0 unspecified atom stereocenters. The van der Waals surface area contributed by atoms with E-state index < -0.39 is 0 Å². The Kier molecular flexibility index (Phi) is 5.91. The van der Waals surface area contributed by atoms with Gasteiger partial charge in [-0.15, -0.1) is 0 Å². The molecule has 2 aromatic carbocycles. The molecule has 25 heavy (non-hydrogen) atoms. The lowest BCUT2D eigenvalue weighted by molar-refractivity contribution is 0.102. The van der Waals surface area contributed by atoms with Gasteiger partial charge in [0.15, 0.2) is 11.5 Å². The summed E-state index contributed by atoms with van der Waals surface area (Å²) >= 11 is 0. The average molecular weight is 343 g/mol. The van der Waals surface area contributed by atoms with Crippen molar-refractivity contribution in [3.8, 4) is 17.2 Å². The van der Waals surface area contributed by atoms with Gasteiger partial charge >= 0.3 is 0 Å². The van der Waals surface area contributed by atoms with Gasteiger partial charge < -0.3 is 19.5 Å². The number of hydrogen-bond donors (Lipinski definition) is 1. The molecule has 0 saturated heterocycles. The van der Waals surface area contributed by atoms with Gasteiger partial charge in [-0.1, -0.05) is 32.0 Å². The first-order chi connectivity index (χ1) is 11.9. The standard InChI is InChI=1S/C20H25NO4/c1-12(2)14-9-7-8-13(3)19(14)21-20(22)15-10-17(24-5)18(25-6)11-16(15)23-4/h7-12H,1-6H3,(H,21,22). The van der Waals surface area contributed by atoms with Crippen LogP contribution in [-0.4, -0.2) is 27.2 Å². The summed E-state index contributed by atoms with van der Waals surface area (Å²) < 4.78 is 15.9. The van der Waals surface area contributed by atoms with Gasteiger partial charge in [0, 0.05) is 17.8 Å². The number of methoxy groups -OCH3 is 3. The molecule has 0 bridgehead atoms. The number of rotatable bonds is 6. The highest BCUT2D eigenvalue weighted by atomic mass is 16.5. The summed E-state index contributed by atoms with van der Waals surface area (Å²) in [7, 11) is 4.59. The predicted molar refractivity (Wildman–Crippen MR) is 99.3 cm³/mol. The fraction of sp³-hybridized carbons (Fsp3) is 0.350. The van der Waals surface area contributed by atoms with E-state index >= 15 is 0 Å². The molecule has 0 aliphatic rings. The van der Waals surface area contributed by atoms with Crippen molar-refractivity contribution < 1.29 is 19.0 Å². The maximum Gasteiger partial charge on any atom is 0.259 e. The second kappa shape index (κ2) is 7.92. The van der Waals surface area contributed by atoms with E-state index in [-0.39, 0.29) is 5.91 Å². The van der Waals surface area contributed by atoms with Crippen LogP contribution in [0.3, 0.4) is 0 Å². The van der Waals surface area contributed by atoms with Crippen molar-refractivity contribution in [2.45, 2.75) is 26.7 Å². The molecule has 0 aliphatic carbocycles. The lowest BCUT2D eigenvalue weighted by Crippen LogP contribution is -2.16. The van der Waals surface area contributed by atoms with Crippen LogP contribution < -0.4 is 19.5 Å². The number of carbonyl (C=O) groups excluding carboxylic acids is 1. The molecule has 0 spiro atoms. The highest BCUT2D eigenvalue weighted by molar-refractivity contribution is 6.07. The van der Waals surface area contributed by atoms with Gasteiger partial charge in [0.2, 0.25) is 0 Å². The summed E-state index contributed by atoms with van der Waals surface area (Å²) in [6.07, 6.45) is 0. The molecule has 0 aromatic heterocycles. The van der Waals surface area contributed by atoms with Gasteiger partial charge in [-0.3, -0.25) is 4.79 Å². The van der Waals surface area contributed by atoms with Crippen LogP contribution >= 0.6 is 0 Å². The number of benzene rings is 2. The van der Waals surface area contributed by atoms with Gasteiger partial charge in [-0.25, -0.2) is 0 Å². The largest absolute Gasteiger partial charge is 0.496 e. The van der Waals surface area contributed by atoms with Crippen LogP contribution in [0, 0.1) is 6.92 Å². The molecule has 1 amide bonds. The second-order valence-electron chi connectivity index (χ2n) is 6.06. The number of anilines is 1. The maximum atomic E-state index is 12.9. The lowest BCUT2D eigenvalue weighted by Gasteiger charge is -2.18. The van der Waals surface area contributed by atoms with E-state index in [1.165, 1.54) is 14.2 Å². The van der Waals surface area contributed by atoms with Gasteiger partial charge in [-0.2, -0.15) is 0 Å². The third-order valence-corrected chi connectivity index (χ3v) is 4.12. The molecule has 0 atom stereocenters. The van der Waals surface area contributed by atoms with Crippen LogP contribution in [0.15, 0.2) is 30.3 Å². The van der Waals surface area contributed by atoms with Crippen LogP contribution in [-0.2, 0) is 0 Å². The molecule has 0 fully saturated rings. The molecule has 2 rings (SSSR count). The second-order valence-corrected chi connectivity index (χ2v) is 6.06. The smallest absolute Gasteiger partial charge is 0.259 e. The Morgan fingerprint density at radius 3 is 2.12 bits per heavy atom. The zero-order valence-electron chi connectivity index (χ0n) is 15.6. The number of carbonyl (C=O) groups is 1. The molecule has 1 N–H and O–H groups in total. The number of hydrogen-bond acceptors (Lipinski definition) is 4. The SMILES string of the molecule is COc1cc(OC)c(C(=O)Nc2c(C)cccc2C(C)C)cc1OC. The van der Waals surface area contributed by atoms with Gasteiger partial charge in [0.05, 0.1) is 26.9 Å². The van der Waals surface area contributed by atoms with Crippen LogP contribution in [0.4, 0.5) is 5.69 Å². The van der Waals surface area contributed by atoms with E-state index in [1.54, 1.807) is 19.2 Å². The summed E-state index contributed by atoms with van der Waals surface area (Å²) in [6.45, 7) is 6.18. The minimum Gasteiger partial charge on any atom is -0.496 e. The Hall–Kier alpha value is -2.69. The van der Waals surface area contributed by atoms with Crippen molar-refractivity contribution in [1.29, 1.82) is 0 Å². The molecule has 0 saturated carbocycles. The number of nitrogens with one attached hydrogen (secondary N) is 1. The van der Waals surface area contributed by atoms with Gasteiger partial charge in [-0.05, 0) is 24.0 Å². The first kappa shape index (κ1) is 18.6. The van der Waals surface area contributed by atoms with Crippen LogP contribution in [0.25, 0.3) is 0 Å². The number of para-hydroxylation sites is 1. The number of amides is 1. The van der Waals surface area contributed by atoms with Crippen LogP contribution in [0.2, 0.25) is 0 Å². The number of ether oxygens (including phenoxy) is 3. The Morgan fingerprint density at radius 1 is 0.960 bits per heavy atom. The quantitative estimate of drug-likeness (QED) is 0.845. The average Bonchev–Trinajstić information content (AvgIpc) is 2.61. The fourth-order valence-corrected chi connectivity index (χ4v) is 2.73. The van der Waals surface area contributed by atoms with E-state index in [9.17, 15) is 4.79 Å². The van der Waals surface area contributed by atoms with E-state index in [0.717, 1.165) is 16.8 Å². The molecule has 0 heterocycles. The fourth-order valence-electron chi connectivity index (χ4n) is 2.73. The van der Waals surface area contributed by atoms with Crippen LogP contribution in [0.5, 0.6) is 17.2 Å². The van der Waals surface area contributed by atoms with Crippen LogP contribution in [0.1, 0.15) is 41.3 Å². The molecule has 134 valence electrons. The first-order valence-corrected chi connectivity index (χ1v) is 8.13. The highest BCUT2D eigenvalue weighted by Gasteiger charge is 2.20. The van der Waals surface area contributed by atoms with E-state index in [4.69, 9.17) is 14.2 Å². The van der Waals surface area contributed by atoms with E-state index in [2.05, 4.69) is 19.2 Å². The molecule has 5 heteroatoms. The predicted octanol–water partition coefficient (Wildman–Crippen LogP) is 4.40. The highest BCUT2D eigenvalue weighted by Crippen LogP contribution is 2.35. The Balaban J connectivity index is 2.46. The van der Waals surface area contributed by atoms with Gasteiger partial charge in [0.1, 0.15) is 5.75 Å². The summed E-state index contributed by atoms with van der Waals surface area (Å²) in [6, 6.07) is 9.28. The topological polar surface area (TPSA) is 56.8 Å². The first-order valence-electron chi connectivity index (χ1n) is 8.13. The normalized spacial score (nSPS) is 10.5. The maximum absolute atomic E-state index is 12.9. The summed E-state index contributed by atoms with van der Waals surface area (Å²) in [5.41, 5.74) is 3.32. The number of aryl methyl sites for hydroxylation is 1. The minimum absolute atomic E-state index is 0.256. The molecule has 0 aliphatic heterocycles. The summed E-state index contributed by atoms with van der Waals surface area (Å²) in [5, 5.41) is 3.02. The van der Waals surface area contributed by atoms with Crippen molar-refractivity contribution in [1.82, 2.24) is 0 Å². The molecule has 2 aromatic rings. The van der Waals surface area contributed by atoms with Crippen molar-refractivity contribution in [2.24, 2.45) is 0 Å². The van der Waals surface area contributed by atoms with E-state index in [0.29, 0.717) is 28.7 Å². The molecular weight excluding hydrogens is 318 g/mol. The Bertz CT molecular complexity index is 769. The van der Waals surface area contributed by atoms with Crippen molar-refractivity contribution in [3.63, 3.8) is 0 Å². The van der Waals surface area contributed by atoms with Crippen molar-refractivity contribution in [3.05, 3.63) is 47.0 Å². The lowest BCUT2D eigenvalue weighted by atomic mass is 9.98. The Labute approximate surface area is 148 Å². The monoisotopic (exact) mass is 343 g/mol. The zero-order valence-corrected chi connectivity index (χ0v) is 15.6. The third kappa shape index (κ3) is 3.87. The molecule has 0 radical (unpaired) electrons. The Morgan fingerprint density at radius 2 is 1.56 bits per heavy atom. The van der Waals surface area contributed by atoms with Crippen molar-refractivity contribution >= 4 is 11.6 Å². The van der Waals surface area contributed by atoms with Gasteiger partial charge in [0.25, 0.3) is 5.91 Å². The molecular formula is C20H25NO4. The summed E-state index contributed by atoms with van der Waals surface area (Å²) in [5.74, 6) is 1.45. The zero-order chi connectivity index (χ0) is 18.6. The summed E-state index contributed by atoms with van der Waals surface area (Å²) in [4.78, 5) is 12.9. The van der Waals surface area contributed by atoms with E-state index in [1.807, 2.05) is 25.1 Å². The minimum atomic E-state index is -0.256. The third-order valence-electron chi connectivity index (χ3n) is 4.12. The van der Waals surface area contributed by atoms with Crippen molar-refractivity contribution in [2.75, 3.05) is 26.6 Å².